The fourth-order valence-corrected chi connectivity index (χ4v) is 1.63. The number of rotatable bonds is 5. The van der Waals surface area contributed by atoms with E-state index in [2.05, 4.69) is 37.7 Å². The van der Waals surface area contributed by atoms with Gasteiger partial charge in [-0.3, -0.25) is 0 Å². The predicted molar refractivity (Wildman–Crippen MR) is 70.6 cm³/mol. The van der Waals surface area contributed by atoms with Crippen LogP contribution in [0.5, 0.6) is 5.88 Å². The zero-order valence-corrected chi connectivity index (χ0v) is 11.8. The van der Waals surface area contributed by atoms with Crippen molar-refractivity contribution in [3.05, 3.63) is 17.0 Å². The molecule has 1 aromatic rings. The Morgan fingerprint density at radius 3 is 2.59 bits per heavy atom. The Kier molecular flexibility index (Phi) is 5.19. The molecule has 0 aliphatic heterocycles. The van der Waals surface area contributed by atoms with E-state index in [1.807, 2.05) is 0 Å². The summed E-state index contributed by atoms with van der Waals surface area (Å²) >= 11 is 6.05. The van der Waals surface area contributed by atoms with Crippen LogP contribution in [0.3, 0.4) is 0 Å². The minimum Gasteiger partial charge on any atom is -0.477 e. The fraction of sp³-hybridized carbons (Fsp3) is 0.692. The molecular formula is C13H21ClN2O. The highest BCUT2D eigenvalue weighted by molar-refractivity contribution is 6.30. The monoisotopic (exact) mass is 256 g/mol. The van der Waals surface area contributed by atoms with Gasteiger partial charge in [-0.1, -0.05) is 45.7 Å². The third-order valence-electron chi connectivity index (χ3n) is 2.44. The second-order valence-corrected chi connectivity index (χ2v) is 5.72. The van der Waals surface area contributed by atoms with E-state index in [4.69, 9.17) is 16.3 Å². The second-order valence-electron chi connectivity index (χ2n) is 5.36. The Hall–Kier alpha value is -0.830. The minimum atomic E-state index is 0.266. The lowest BCUT2D eigenvalue weighted by Gasteiger charge is -2.18. The van der Waals surface area contributed by atoms with Crippen molar-refractivity contribution in [1.29, 1.82) is 0 Å². The molecule has 0 unspecified atom stereocenters. The molecule has 4 heteroatoms. The lowest BCUT2D eigenvalue weighted by atomic mass is 9.93. The molecule has 0 aliphatic rings. The molecule has 0 aliphatic carbocycles. The van der Waals surface area contributed by atoms with Gasteiger partial charge in [0.1, 0.15) is 11.5 Å². The van der Waals surface area contributed by atoms with Gasteiger partial charge < -0.3 is 4.74 Å². The van der Waals surface area contributed by atoms with Gasteiger partial charge in [-0.25, -0.2) is 9.97 Å². The van der Waals surface area contributed by atoms with Crippen LogP contribution in [-0.2, 0) is 6.42 Å². The molecule has 0 saturated heterocycles. The Labute approximate surface area is 109 Å². The van der Waals surface area contributed by atoms with E-state index in [1.54, 1.807) is 0 Å². The van der Waals surface area contributed by atoms with Gasteiger partial charge >= 0.3 is 0 Å². The largest absolute Gasteiger partial charge is 0.477 e. The lowest BCUT2D eigenvalue weighted by molar-refractivity contribution is 0.234. The SMILES string of the molecule is CCCc1c(Cl)ncnc1OCCC(C)(C)C. The van der Waals surface area contributed by atoms with E-state index in [0.717, 1.165) is 24.8 Å². The molecule has 1 rings (SSSR count). The minimum absolute atomic E-state index is 0.266. The molecule has 0 N–H and O–H groups in total. The standard InChI is InChI=1S/C13H21ClN2O/c1-5-6-10-11(14)15-9-16-12(10)17-8-7-13(2,3)4/h9H,5-8H2,1-4H3. The molecule has 0 fully saturated rings. The number of hydrogen-bond donors (Lipinski definition) is 0. The first-order valence-corrected chi connectivity index (χ1v) is 6.44. The molecule has 0 aromatic carbocycles. The van der Waals surface area contributed by atoms with Crippen LogP contribution in [0.15, 0.2) is 6.33 Å². The molecular weight excluding hydrogens is 236 g/mol. The molecule has 17 heavy (non-hydrogen) atoms. The molecule has 1 aromatic heterocycles. The highest BCUT2D eigenvalue weighted by Gasteiger charge is 2.13. The zero-order valence-electron chi connectivity index (χ0n) is 11.1. The number of nitrogens with zero attached hydrogens (tertiary/aromatic N) is 2. The van der Waals surface area contributed by atoms with Gasteiger partial charge in [0, 0.05) is 0 Å². The lowest BCUT2D eigenvalue weighted by Crippen LogP contribution is -2.12. The maximum absolute atomic E-state index is 6.05. The normalized spacial score (nSPS) is 11.6. The van der Waals surface area contributed by atoms with E-state index in [9.17, 15) is 0 Å². The smallest absolute Gasteiger partial charge is 0.221 e. The van der Waals surface area contributed by atoms with Gasteiger partial charge in [-0.15, -0.1) is 0 Å². The Morgan fingerprint density at radius 2 is 2.00 bits per heavy atom. The van der Waals surface area contributed by atoms with Crippen molar-refractivity contribution in [3.63, 3.8) is 0 Å². The third-order valence-corrected chi connectivity index (χ3v) is 2.77. The van der Waals surface area contributed by atoms with Crippen molar-refractivity contribution in [3.8, 4) is 5.88 Å². The van der Waals surface area contributed by atoms with Crippen molar-refractivity contribution in [2.24, 2.45) is 5.41 Å². The molecule has 0 spiro atoms. The number of hydrogen-bond acceptors (Lipinski definition) is 3. The van der Waals surface area contributed by atoms with Crippen molar-refractivity contribution < 1.29 is 4.74 Å². The second kappa shape index (κ2) is 6.20. The maximum Gasteiger partial charge on any atom is 0.221 e. The van der Waals surface area contributed by atoms with Gasteiger partial charge in [-0.05, 0) is 18.3 Å². The number of ether oxygens (including phenoxy) is 1. The van der Waals surface area contributed by atoms with Gasteiger partial charge in [0.25, 0.3) is 0 Å². The van der Waals surface area contributed by atoms with E-state index in [-0.39, 0.29) is 5.41 Å². The molecule has 0 atom stereocenters. The molecule has 1 heterocycles. The van der Waals surface area contributed by atoms with E-state index >= 15 is 0 Å². The van der Waals surface area contributed by atoms with Crippen molar-refractivity contribution >= 4 is 11.6 Å². The van der Waals surface area contributed by atoms with Crippen LogP contribution < -0.4 is 4.74 Å². The quantitative estimate of drug-likeness (QED) is 0.750. The summed E-state index contributed by atoms with van der Waals surface area (Å²) in [5, 5.41) is 0.507. The van der Waals surface area contributed by atoms with E-state index in [0.29, 0.717) is 17.6 Å². The van der Waals surface area contributed by atoms with Gasteiger partial charge in [0.05, 0.1) is 12.2 Å². The van der Waals surface area contributed by atoms with Crippen LogP contribution in [0.1, 0.15) is 46.1 Å². The first kappa shape index (κ1) is 14.2. The summed E-state index contributed by atoms with van der Waals surface area (Å²) in [5.74, 6) is 0.635. The summed E-state index contributed by atoms with van der Waals surface area (Å²) in [5.41, 5.74) is 1.19. The van der Waals surface area contributed by atoms with Crippen LogP contribution in [-0.4, -0.2) is 16.6 Å². The first-order chi connectivity index (χ1) is 7.94. The van der Waals surface area contributed by atoms with Crippen molar-refractivity contribution in [1.82, 2.24) is 9.97 Å². The van der Waals surface area contributed by atoms with Crippen molar-refractivity contribution in [2.75, 3.05) is 6.61 Å². The summed E-state index contributed by atoms with van der Waals surface area (Å²) in [6.07, 6.45) is 4.29. The van der Waals surface area contributed by atoms with Crippen LogP contribution in [0, 0.1) is 5.41 Å². The van der Waals surface area contributed by atoms with E-state index in [1.165, 1.54) is 6.33 Å². The van der Waals surface area contributed by atoms with Crippen molar-refractivity contribution in [2.45, 2.75) is 47.0 Å². The topological polar surface area (TPSA) is 35.0 Å². The average molecular weight is 257 g/mol. The summed E-state index contributed by atoms with van der Waals surface area (Å²) < 4.78 is 5.71. The highest BCUT2D eigenvalue weighted by atomic mass is 35.5. The van der Waals surface area contributed by atoms with Gasteiger partial charge in [0.15, 0.2) is 0 Å². The number of halogens is 1. The van der Waals surface area contributed by atoms with Crippen LogP contribution in [0.25, 0.3) is 0 Å². The summed E-state index contributed by atoms with van der Waals surface area (Å²) in [6.45, 7) is 9.33. The van der Waals surface area contributed by atoms with Crippen LogP contribution in [0.4, 0.5) is 0 Å². The molecule has 0 saturated carbocycles. The van der Waals surface area contributed by atoms with Gasteiger partial charge in [0.2, 0.25) is 5.88 Å². The summed E-state index contributed by atoms with van der Waals surface area (Å²) in [4.78, 5) is 8.15. The maximum atomic E-state index is 6.05. The molecule has 0 radical (unpaired) electrons. The molecule has 0 amide bonds. The zero-order chi connectivity index (χ0) is 12.9. The van der Waals surface area contributed by atoms with E-state index < -0.39 is 0 Å². The molecule has 3 nitrogen and oxygen atoms in total. The molecule has 0 bridgehead atoms. The summed E-state index contributed by atoms with van der Waals surface area (Å²) in [6, 6.07) is 0. The van der Waals surface area contributed by atoms with Crippen LogP contribution in [0.2, 0.25) is 5.15 Å². The fourth-order valence-electron chi connectivity index (χ4n) is 1.41. The Morgan fingerprint density at radius 1 is 1.29 bits per heavy atom. The van der Waals surface area contributed by atoms with Crippen LogP contribution >= 0.6 is 11.6 Å². The highest BCUT2D eigenvalue weighted by Crippen LogP contribution is 2.25. The number of aromatic nitrogens is 2. The Balaban J connectivity index is 2.67. The third kappa shape index (κ3) is 4.90. The first-order valence-electron chi connectivity index (χ1n) is 6.06. The average Bonchev–Trinajstić information content (AvgIpc) is 2.21. The summed E-state index contributed by atoms with van der Waals surface area (Å²) in [7, 11) is 0. The predicted octanol–water partition coefficient (Wildman–Crippen LogP) is 3.90. The van der Waals surface area contributed by atoms with Gasteiger partial charge in [-0.2, -0.15) is 0 Å². The Bertz CT molecular complexity index is 361. The molecule has 96 valence electrons.